The Labute approximate surface area is 125 Å². The predicted molar refractivity (Wildman–Crippen MR) is 76.8 cm³/mol. The molecule has 0 aromatic carbocycles. The summed E-state index contributed by atoms with van der Waals surface area (Å²) in [6, 6.07) is 3.64. The Kier molecular flexibility index (Phi) is 3.69. The first-order valence-electron chi connectivity index (χ1n) is 5.98. The van der Waals surface area contributed by atoms with Gasteiger partial charge in [-0.2, -0.15) is 0 Å². The van der Waals surface area contributed by atoms with E-state index in [1.54, 1.807) is 17.8 Å². The van der Waals surface area contributed by atoms with Crippen molar-refractivity contribution in [1.29, 1.82) is 0 Å². The highest BCUT2D eigenvalue weighted by Gasteiger charge is 2.29. The van der Waals surface area contributed by atoms with Gasteiger partial charge in [-0.1, -0.05) is 41.0 Å². The molecule has 0 aliphatic heterocycles. The first-order valence-corrected chi connectivity index (χ1v) is 7.72. The maximum absolute atomic E-state index is 6.05. The van der Waals surface area contributed by atoms with Crippen molar-refractivity contribution in [3.63, 3.8) is 0 Å². The minimum absolute atomic E-state index is 0.411. The number of halogens is 2. The van der Waals surface area contributed by atoms with Crippen LogP contribution in [0.25, 0.3) is 0 Å². The van der Waals surface area contributed by atoms with Crippen molar-refractivity contribution in [1.82, 2.24) is 19.7 Å². The standard InChI is InChI=1S/C12H12Cl2N4S/c1-18-11(7-2-3-7)16-17-12(18)19-6-8-4-5-9(13)15-10(8)14/h4-5,7H,2-3,6H2,1H3. The van der Waals surface area contributed by atoms with Crippen molar-refractivity contribution in [2.24, 2.45) is 7.05 Å². The topological polar surface area (TPSA) is 43.6 Å². The maximum Gasteiger partial charge on any atom is 0.191 e. The highest BCUT2D eigenvalue weighted by Crippen LogP contribution is 2.39. The third kappa shape index (κ3) is 2.88. The van der Waals surface area contributed by atoms with Crippen molar-refractivity contribution >= 4 is 35.0 Å². The van der Waals surface area contributed by atoms with E-state index in [4.69, 9.17) is 23.2 Å². The lowest BCUT2D eigenvalue weighted by Crippen LogP contribution is -1.97. The minimum atomic E-state index is 0.411. The summed E-state index contributed by atoms with van der Waals surface area (Å²) in [6.45, 7) is 0. The summed E-state index contributed by atoms with van der Waals surface area (Å²) in [6.07, 6.45) is 2.45. The molecular weight excluding hydrogens is 303 g/mol. The Hall–Kier alpha value is -0.780. The smallest absolute Gasteiger partial charge is 0.191 e. The molecule has 100 valence electrons. The van der Waals surface area contributed by atoms with Gasteiger partial charge in [-0.25, -0.2) is 4.98 Å². The van der Waals surface area contributed by atoms with Crippen LogP contribution in [0.4, 0.5) is 0 Å². The first kappa shape index (κ1) is 13.2. The molecule has 1 saturated carbocycles. The predicted octanol–water partition coefficient (Wildman–Crippen LogP) is 3.69. The molecule has 1 fully saturated rings. The second kappa shape index (κ2) is 5.31. The van der Waals surface area contributed by atoms with Gasteiger partial charge in [0.15, 0.2) is 5.16 Å². The summed E-state index contributed by atoms with van der Waals surface area (Å²) in [5.41, 5.74) is 0.951. The molecule has 2 aromatic heterocycles. The number of hydrogen-bond donors (Lipinski definition) is 0. The van der Waals surface area contributed by atoms with Gasteiger partial charge in [0.1, 0.15) is 16.1 Å². The molecule has 0 atom stereocenters. The molecule has 0 spiro atoms. The molecule has 0 bridgehead atoms. The van der Waals surface area contributed by atoms with E-state index in [1.807, 2.05) is 13.1 Å². The fourth-order valence-corrected chi connectivity index (χ4v) is 3.23. The molecule has 4 nitrogen and oxygen atoms in total. The van der Waals surface area contributed by atoms with Crippen molar-refractivity contribution in [3.8, 4) is 0 Å². The summed E-state index contributed by atoms with van der Waals surface area (Å²) in [5, 5.41) is 10.2. The van der Waals surface area contributed by atoms with Crippen molar-refractivity contribution in [2.45, 2.75) is 29.7 Å². The Balaban J connectivity index is 1.71. The van der Waals surface area contributed by atoms with Crippen LogP contribution in [-0.2, 0) is 12.8 Å². The zero-order chi connectivity index (χ0) is 13.4. The molecule has 0 amide bonds. The van der Waals surface area contributed by atoms with Crippen LogP contribution >= 0.6 is 35.0 Å². The SMILES string of the molecule is Cn1c(SCc2ccc(Cl)nc2Cl)nnc1C1CC1. The molecule has 2 aromatic rings. The van der Waals surface area contributed by atoms with Gasteiger partial charge in [0, 0.05) is 18.7 Å². The summed E-state index contributed by atoms with van der Waals surface area (Å²) in [7, 11) is 2.01. The second-order valence-electron chi connectivity index (χ2n) is 4.55. The molecule has 0 N–H and O–H groups in total. The Morgan fingerprint density at radius 2 is 2.11 bits per heavy atom. The quantitative estimate of drug-likeness (QED) is 0.637. The fraction of sp³-hybridized carbons (Fsp3) is 0.417. The lowest BCUT2D eigenvalue weighted by atomic mass is 10.3. The highest BCUT2D eigenvalue weighted by molar-refractivity contribution is 7.98. The lowest BCUT2D eigenvalue weighted by Gasteiger charge is -2.04. The molecule has 1 aliphatic carbocycles. The van der Waals surface area contributed by atoms with Gasteiger partial charge in [-0.05, 0) is 24.5 Å². The highest BCUT2D eigenvalue weighted by atomic mass is 35.5. The number of aromatic nitrogens is 4. The molecule has 7 heteroatoms. The van der Waals surface area contributed by atoms with Crippen molar-refractivity contribution in [3.05, 3.63) is 33.8 Å². The zero-order valence-corrected chi connectivity index (χ0v) is 12.6. The molecule has 0 saturated heterocycles. The normalized spacial score (nSPS) is 14.9. The summed E-state index contributed by atoms with van der Waals surface area (Å²) in [5.74, 6) is 2.40. The third-order valence-corrected chi connectivity index (χ3v) is 4.67. The fourth-order valence-electron chi connectivity index (χ4n) is 1.84. The molecule has 1 aliphatic rings. The van der Waals surface area contributed by atoms with Gasteiger partial charge in [0.05, 0.1) is 0 Å². The van der Waals surface area contributed by atoms with Crippen molar-refractivity contribution in [2.75, 3.05) is 0 Å². The number of pyridine rings is 1. The summed E-state index contributed by atoms with van der Waals surface area (Å²) < 4.78 is 2.07. The van der Waals surface area contributed by atoms with Gasteiger partial charge >= 0.3 is 0 Å². The monoisotopic (exact) mass is 314 g/mol. The largest absolute Gasteiger partial charge is 0.309 e. The van der Waals surface area contributed by atoms with Gasteiger partial charge in [0.25, 0.3) is 0 Å². The van der Waals surface area contributed by atoms with Crippen LogP contribution in [0.1, 0.15) is 30.1 Å². The van der Waals surface area contributed by atoms with E-state index in [0.29, 0.717) is 22.0 Å². The Bertz CT molecular complexity index is 610. The van der Waals surface area contributed by atoms with Crippen LogP contribution in [-0.4, -0.2) is 19.7 Å². The number of rotatable bonds is 4. The number of hydrogen-bond acceptors (Lipinski definition) is 4. The molecular formula is C12H12Cl2N4S. The van der Waals surface area contributed by atoms with Crippen LogP contribution in [0, 0.1) is 0 Å². The Morgan fingerprint density at radius 1 is 1.32 bits per heavy atom. The van der Waals surface area contributed by atoms with Crippen LogP contribution < -0.4 is 0 Å². The van der Waals surface area contributed by atoms with Gasteiger partial charge in [0.2, 0.25) is 0 Å². The van der Waals surface area contributed by atoms with E-state index in [2.05, 4.69) is 19.7 Å². The third-order valence-electron chi connectivity index (χ3n) is 3.06. The van der Waals surface area contributed by atoms with E-state index < -0.39 is 0 Å². The average molecular weight is 315 g/mol. The molecule has 2 heterocycles. The first-order chi connectivity index (χ1) is 9.15. The molecule has 0 radical (unpaired) electrons. The average Bonchev–Trinajstić information content (AvgIpc) is 3.14. The van der Waals surface area contributed by atoms with E-state index in [1.165, 1.54) is 12.8 Å². The summed E-state index contributed by atoms with van der Waals surface area (Å²) in [4.78, 5) is 4.03. The van der Waals surface area contributed by atoms with E-state index in [9.17, 15) is 0 Å². The zero-order valence-electron chi connectivity index (χ0n) is 10.3. The minimum Gasteiger partial charge on any atom is -0.309 e. The van der Waals surface area contributed by atoms with Crippen LogP contribution in [0.5, 0.6) is 0 Å². The maximum atomic E-state index is 6.05. The number of thioether (sulfide) groups is 1. The van der Waals surface area contributed by atoms with Gasteiger partial charge < -0.3 is 4.57 Å². The van der Waals surface area contributed by atoms with Crippen LogP contribution in [0.15, 0.2) is 17.3 Å². The number of nitrogens with zero attached hydrogens (tertiary/aromatic N) is 4. The van der Waals surface area contributed by atoms with Gasteiger partial charge in [-0.15, -0.1) is 10.2 Å². The van der Waals surface area contributed by atoms with Gasteiger partial charge in [-0.3, -0.25) is 0 Å². The van der Waals surface area contributed by atoms with E-state index >= 15 is 0 Å². The Morgan fingerprint density at radius 3 is 2.79 bits per heavy atom. The molecule has 0 unspecified atom stereocenters. The molecule has 3 rings (SSSR count). The summed E-state index contributed by atoms with van der Waals surface area (Å²) >= 11 is 13.4. The van der Waals surface area contributed by atoms with Crippen LogP contribution in [0.3, 0.4) is 0 Å². The van der Waals surface area contributed by atoms with E-state index in [-0.39, 0.29) is 0 Å². The lowest BCUT2D eigenvalue weighted by molar-refractivity contribution is 0.736. The molecule has 19 heavy (non-hydrogen) atoms. The second-order valence-corrected chi connectivity index (χ2v) is 6.23. The van der Waals surface area contributed by atoms with E-state index in [0.717, 1.165) is 16.5 Å². The van der Waals surface area contributed by atoms with Crippen molar-refractivity contribution < 1.29 is 0 Å². The van der Waals surface area contributed by atoms with Crippen LogP contribution in [0.2, 0.25) is 10.3 Å².